The van der Waals surface area contributed by atoms with E-state index in [1.54, 1.807) is 0 Å². The van der Waals surface area contributed by atoms with Gasteiger partial charge in [-0.15, -0.1) is 0 Å². The number of carboxylic acid groups (broad SMARTS) is 1. The molecule has 6 nitrogen and oxygen atoms in total. The first-order chi connectivity index (χ1) is 9.04. The largest absolute Gasteiger partial charge is 0.480 e. The van der Waals surface area contributed by atoms with E-state index in [1.165, 1.54) is 0 Å². The van der Waals surface area contributed by atoms with Crippen molar-refractivity contribution in [3.8, 4) is 0 Å². The summed E-state index contributed by atoms with van der Waals surface area (Å²) in [5.74, 6) is -0.979. The van der Waals surface area contributed by atoms with Gasteiger partial charge in [-0.1, -0.05) is 33.6 Å². The molecule has 0 radical (unpaired) electrons. The molecule has 0 aromatic heterocycles. The standard InChI is InChI=1S/C13H27N3O3/c1-4-7-8-11(12(17)18)15-13(19)14-9-10-16(5-2)6-3/h11H,4-10H2,1-3H3,(H,17,18)(H2,14,15,19). The van der Waals surface area contributed by atoms with Gasteiger partial charge in [-0.25, -0.2) is 9.59 Å². The van der Waals surface area contributed by atoms with Crippen molar-refractivity contribution in [3.05, 3.63) is 0 Å². The van der Waals surface area contributed by atoms with Crippen LogP contribution in [-0.4, -0.2) is 54.2 Å². The highest BCUT2D eigenvalue weighted by Crippen LogP contribution is 2.00. The number of amides is 2. The fraction of sp³-hybridized carbons (Fsp3) is 0.846. The van der Waals surface area contributed by atoms with Gasteiger partial charge in [-0.2, -0.15) is 0 Å². The maximum absolute atomic E-state index is 11.6. The average molecular weight is 273 g/mol. The number of urea groups is 1. The van der Waals surface area contributed by atoms with Crippen molar-refractivity contribution in [2.75, 3.05) is 26.2 Å². The molecule has 3 N–H and O–H groups in total. The zero-order valence-electron chi connectivity index (χ0n) is 12.2. The lowest BCUT2D eigenvalue weighted by molar-refractivity contribution is -0.139. The van der Waals surface area contributed by atoms with Gasteiger partial charge < -0.3 is 20.6 Å². The van der Waals surface area contributed by atoms with E-state index in [9.17, 15) is 9.59 Å². The molecule has 1 unspecified atom stereocenters. The second-order valence-corrected chi connectivity index (χ2v) is 4.46. The van der Waals surface area contributed by atoms with E-state index in [-0.39, 0.29) is 0 Å². The maximum atomic E-state index is 11.6. The van der Waals surface area contributed by atoms with E-state index in [0.29, 0.717) is 13.0 Å². The highest BCUT2D eigenvalue weighted by atomic mass is 16.4. The minimum atomic E-state index is -0.979. The molecule has 0 fully saturated rings. The Morgan fingerprint density at radius 2 is 1.84 bits per heavy atom. The summed E-state index contributed by atoms with van der Waals surface area (Å²) in [7, 11) is 0. The monoisotopic (exact) mass is 273 g/mol. The Bertz CT molecular complexity index is 268. The number of nitrogens with zero attached hydrogens (tertiary/aromatic N) is 1. The van der Waals surface area contributed by atoms with Gasteiger partial charge in [0.05, 0.1) is 0 Å². The maximum Gasteiger partial charge on any atom is 0.326 e. The van der Waals surface area contributed by atoms with E-state index >= 15 is 0 Å². The molecule has 0 heterocycles. The van der Waals surface area contributed by atoms with Crippen LogP contribution < -0.4 is 10.6 Å². The van der Waals surface area contributed by atoms with Crippen molar-refractivity contribution >= 4 is 12.0 Å². The number of rotatable bonds is 10. The Morgan fingerprint density at radius 3 is 2.32 bits per heavy atom. The number of aliphatic carboxylic acids is 1. The molecule has 0 saturated carbocycles. The summed E-state index contributed by atoms with van der Waals surface area (Å²) in [4.78, 5) is 24.7. The minimum absolute atomic E-state index is 0.407. The second-order valence-electron chi connectivity index (χ2n) is 4.46. The Labute approximate surface area is 115 Å². The normalized spacial score (nSPS) is 12.2. The first-order valence-electron chi connectivity index (χ1n) is 7.04. The molecular weight excluding hydrogens is 246 g/mol. The van der Waals surface area contributed by atoms with Crippen LogP contribution in [0.5, 0.6) is 0 Å². The second kappa shape index (κ2) is 10.6. The van der Waals surface area contributed by atoms with Crippen molar-refractivity contribution in [1.29, 1.82) is 0 Å². The van der Waals surface area contributed by atoms with Gasteiger partial charge in [0.1, 0.15) is 6.04 Å². The van der Waals surface area contributed by atoms with Gasteiger partial charge in [0.15, 0.2) is 0 Å². The molecule has 0 bridgehead atoms. The molecule has 0 aromatic carbocycles. The van der Waals surface area contributed by atoms with Gasteiger partial charge >= 0.3 is 12.0 Å². The van der Waals surface area contributed by atoms with Crippen LogP contribution in [0.3, 0.4) is 0 Å². The Balaban J connectivity index is 3.95. The third-order valence-electron chi connectivity index (χ3n) is 3.06. The quantitative estimate of drug-likeness (QED) is 0.560. The number of carboxylic acids is 1. The van der Waals surface area contributed by atoms with Crippen molar-refractivity contribution in [2.24, 2.45) is 0 Å². The fourth-order valence-corrected chi connectivity index (χ4v) is 1.74. The molecule has 2 amide bonds. The van der Waals surface area contributed by atoms with E-state index in [0.717, 1.165) is 32.5 Å². The van der Waals surface area contributed by atoms with Gasteiger partial charge in [-0.05, 0) is 19.5 Å². The molecule has 19 heavy (non-hydrogen) atoms. The predicted octanol–water partition coefficient (Wildman–Crippen LogP) is 1.27. The molecule has 6 heteroatoms. The van der Waals surface area contributed by atoms with Crippen molar-refractivity contribution in [1.82, 2.24) is 15.5 Å². The summed E-state index contributed by atoms with van der Waals surface area (Å²) >= 11 is 0. The zero-order valence-corrected chi connectivity index (χ0v) is 12.2. The van der Waals surface area contributed by atoms with E-state index in [1.807, 2.05) is 6.92 Å². The third-order valence-corrected chi connectivity index (χ3v) is 3.06. The Kier molecular flexibility index (Phi) is 9.88. The van der Waals surface area contributed by atoms with Crippen LogP contribution in [0, 0.1) is 0 Å². The number of hydrogen-bond acceptors (Lipinski definition) is 3. The van der Waals surface area contributed by atoms with Gasteiger partial charge in [0.2, 0.25) is 0 Å². The number of likely N-dealkylation sites (N-methyl/N-ethyl adjacent to an activating group) is 1. The number of nitrogens with one attached hydrogen (secondary N) is 2. The molecule has 1 atom stereocenters. The van der Waals surface area contributed by atoms with Crippen LogP contribution in [0.15, 0.2) is 0 Å². The highest BCUT2D eigenvalue weighted by molar-refractivity contribution is 5.82. The average Bonchev–Trinajstić information content (AvgIpc) is 2.39. The molecule has 0 rings (SSSR count). The van der Waals surface area contributed by atoms with Gasteiger partial charge in [0, 0.05) is 13.1 Å². The van der Waals surface area contributed by atoms with Crippen molar-refractivity contribution in [3.63, 3.8) is 0 Å². The number of carbonyl (C=O) groups excluding carboxylic acids is 1. The molecule has 0 aliphatic carbocycles. The molecule has 0 aliphatic heterocycles. The lowest BCUT2D eigenvalue weighted by Crippen LogP contribution is -2.47. The number of hydrogen-bond donors (Lipinski definition) is 3. The fourth-order valence-electron chi connectivity index (χ4n) is 1.74. The lowest BCUT2D eigenvalue weighted by atomic mass is 10.1. The first kappa shape index (κ1) is 17.7. The molecule has 0 saturated heterocycles. The Morgan fingerprint density at radius 1 is 1.21 bits per heavy atom. The molecule has 0 aliphatic rings. The van der Waals surface area contributed by atoms with Crippen LogP contribution in [0.25, 0.3) is 0 Å². The summed E-state index contributed by atoms with van der Waals surface area (Å²) in [6.07, 6.45) is 2.17. The summed E-state index contributed by atoms with van der Waals surface area (Å²) in [6, 6.07) is -1.20. The summed E-state index contributed by atoms with van der Waals surface area (Å²) in [5.41, 5.74) is 0. The number of carbonyl (C=O) groups is 2. The molecule has 112 valence electrons. The minimum Gasteiger partial charge on any atom is -0.480 e. The van der Waals surface area contributed by atoms with Crippen molar-refractivity contribution < 1.29 is 14.7 Å². The lowest BCUT2D eigenvalue weighted by Gasteiger charge is -2.19. The summed E-state index contributed by atoms with van der Waals surface area (Å²) in [5, 5.41) is 14.2. The molecule has 0 aromatic rings. The van der Waals surface area contributed by atoms with Gasteiger partial charge in [0.25, 0.3) is 0 Å². The van der Waals surface area contributed by atoms with E-state index in [2.05, 4.69) is 29.4 Å². The van der Waals surface area contributed by atoms with Crippen LogP contribution in [0.2, 0.25) is 0 Å². The Hall–Kier alpha value is -1.30. The van der Waals surface area contributed by atoms with Gasteiger partial charge in [-0.3, -0.25) is 0 Å². The van der Waals surface area contributed by atoms with Crippen molar-refractivity contribution in [2.45, 2.75) is 46.1 Å². The van der Waals surface area contributed by atoms with Crippen LogP contribution in [0.4, 0.5) is 4.79 Å². The predicted molar refractivity (Wildman–Crippen MR) is 75.3 cm³/mol. The summed E-state index contributed by atoms with van der Waals surface area (Å²) < 4.78 is 0. The topological polar surface area (TPSA) is 81.7 Å². The van der Waals surface area contributed by atoms with Crippen LogP contribution in [-0.2, 0) is 4.79 Å². The smallest absolute Gasteiger partial charge is 0.326 e. The zero-order chi connectivity index (χ0) is 14.7. The highest BCUT2D eigenvalue weighted by Gasteiger charge is 2.18. The molecule has 0 spiro atoms. The van der Waals surface area contributed by atoms with E-state index in [4.69, 9.17) is 5.11 Å². The van der Waals surface area contributed by atoms with Crippen LogP contribution in [0.1, 0.15) is 40.0 Å². The third kappa shape index (κ3) is 8.42. The molecular formula is C13H27N3O3. The first-order valence-corrected chi connectivity index (χ1v) is 7.04. The SMILES string of the molecule is CCCCC(NC(=O)NCCN(CC)CC)C(=O)O. The van der Waals surface area contributed by atoms with Crippen LogP contribution >= 0.6 is 0 Å². The summed E-state index contributed by atoms with van der Waals surface area (Å²) in [6.45, 7) is 9.29. The van der Waals surface area contributed by atoms with E-state index < -0.39 is 18.0 Å². The number of unbranched alkanes of at least 4 members (excludes halogenated alkanes) is 1.